The molecule has 0 aromatic carbocycles. The van der Waals surface area contributed by atoms with Crippen LogP contribution in [0.5, 0.6) is 0 Å². The first-order valence-corrected chi connectivity index (χ1v) is 4.12. The van der Waals surface area contributed by atoms with Crippen LogP contribution >= 0.6 is 0 Å². The zero-order valence-corrected chi connectivity index (χ0v) is 8.22. The standard InChI is InChI=1S/C9H15NO3/c1-5-13-9(12)7(4)10-8(11)6(2)3/h7H,2,5H2,1,3-4H3,(H,10,11)/t7-/m0/s1. The third-order valence-corrected chi connectivity index (χ3v) is 1.38. The molecular formula is C9H15NO3. The van der Waals surface area contributed by atoms with Crippen LogP contribution in [-0.2, 0) is 14.3 Å². The molecule has 0 saturated heterocycles. The van der Waals surface area contributed by atoms with Crippen molar-refractivity contribution in [3.8, 4) is 0 Å². The fourth-order valence-electron chi connectivity index (χ4n) is 0.646. The van der Waals surface area contributed by atoms with E-state index in [1.54, 1.807) is 20.8 Å². The first kappa shape index (κ1) is 11.7. The largest absolute Gasteiger partial charge is 0.464 e. The second kappa shape index (κ2) is 5.35. The Labute approximate surface area is 78.0 Å². The van der Waals surface area contributed by atoms with Gasteiger partial charge in [0.25, 0.3) is 0 Å². The Balaban J connectivity index is 3.99. The molecule has 4 nitrogen and oxygen atoms in total. The van der Waals surface area contributed by atoms with Crippen molar-refractivity contribution in [2.24, 2.45) is 0 Å². The van der Waals surface area contributed by atoms with Gasteiger partial charge in [-0.05, 0) is 20.8 Å². The summed E-state index contributed by atoms with van der Waals surface area (Å²) in [6.07, 6.45) is 0. The molecule has 13 heavy (non-hydrogen) atoms. The minimum absolute atomic E-state index is 0.312. The molecule has 0 unspecified atom stereocenters. The van der Waals surface area contributed by atoms with Gasteiger partial charge in [-0.1, -0.05) is 6.58 Å². The van der Waals surface area contributed by atoms with Gasteiger partial charge in [-0.2, -0.15) is 0 Å². The van der Waals surface area contributed by atoms with Crippen molar-refractivity contribution >= 4 is 11.9 Å². The molecule has 1 N–H and O–H groups in total. The Morgan fingerprint density at radius 1 is 1.54 bits per heavy atom. The lowest BCUT2D eigenvalue weighted by atomic mass is 10.3. The molecule has 0 aromatic rings. The number of rotatable bonds is 4. The van der Waals surface area contributed by atoms with Crippen LogP contribution in [0.2, 0.25) is 0 Å². The van der Waals surface area contributed by atoms with E-state index in [9.17, 15) is 9.59 Å². The predicted molar refractivity (Wildman–Crippen MR) is 49.1 cm³/mol. The highest BCUT2D eigenvalue weighted by molar-refractivity contribution is 5.94. The van der Waals surface area contributed by atoms with Gasteiger partial charge in [0.15, 0.2) is 0 Å². The van der Waals surface area contributed by atoms with Crippen LogP contribution in [0, 0.1) is 0 Å². The second-order valence-electron chi connectivity index (χ2n) is 2.73. The quantitative estimate of drug-likeness (QED) is 0.516. The molecule has 0 aromatic heterocycles. The third kappa shape index (κ3) is 4.30. The van der Waals surface area contributed by atoms with Crippen molar-refractivity contribution in [1.82, 2.24) is 5.32 Å². The second-order valence-corrected chi connectivity index (χ2v) is 2.73. The molecule has 1 amide bonds. The molecule has 0 aliphatic rings. The average molecular weight is 185 g/mol. The van der Waals surface area contributed by atoms with Gasteiger partial charge < -0.3 is 10.1 Å². The summed E-state index contributed by atoms with van der Waals surface area (Å²) >= 11 is 0. The molecule has 1 atom stereocenters. The minimum Gasteiger partial charge on any atom is -0.464 e. The van der Waals surface area contributed by atoms with E-state index in [-0.39, 0.29) is 5.91 Å². The van der Waals surface area contributed by atoms with E-state index in [1.165, 1.54) is 0 Å². The third-order valence-electron chi connectivity index (χ3n) is 1.38. The number of esters is 1. The average Bonchev–Trinajstić information content (AvgIpc) is 2.04. The van der Waals surface area contributed by atoms with E-state index in [0.29, 0.717) is 12.2 Å². The number of amides is 1. The molecule has 0 radical (unpaired) electrons. The highest BCUT2D eigenvalue weighted by Gasteiger charge is 2.16. The molecule has 0 rings (SSSR count). The van der Waals surface area contributed by atoms with Crippen LogP contribution in [0.3, 0.4) is 0 Å². The summed E-state index contributed by atoms with van der Waals surface area (Å²) in [7, 11) is 0. The molecule has 0 heterocycles. The van der Waals surface area contributed by atoms with E-state index in [1.807, 2.05) is 0 Å². The monoisotopic (exact) mass is 185 g/mol. The summed E-state index contributed by atoms with van der Waals surface area (Å²) in [6, 6.07) is -0.621. The van der Waals surface area contributed by atoms with Crippen molar-refractivity contribution in [3.63, 3.8) is 0 Å². The summed E-state index contributed by atoms with van der Waals surface area (Å²) in [5.41, 5.74) is 0.371. The Hall–Kier alpha value is -1.32. The SMILES string of the molecule is C=C(C)C(=O)N[C@@H](C)C(=O)OCC. The van der Waals surface area contributed by atoms with Crippen molar-refractivity contribution in [2.75, 3.05) is 6.61 Å². The first-order chi connectivity index (χ1) is 5.99. The van der Waals surface area contributed by atoms with Gasteiger partial charge in [0, 0.05) is 5.57 Å². The maximum Gasteiger partial charge on any atom is 0.328 e. The first-order valence-electron chi connectivity index (χ1n) is 4.12. The summed E-state index contributed by atoms with van der Waals surface area (Å²) < 4.78 is 4.70. The van der Waals surface area contributed by atoms with Crippen molar-refractivity contribution < 1.29 is 14.3 Å². The number of carbonyl (C=O) groups is 2. The molecule has 0 bridgehead atoms. The van der Waals surface area contributed by atoms with Crippen LogP contribution in [0.25, 0.3) is 0 Å². The van der Waals surface area contributed by atoms with Gasteiger partial charge in [-0.15, -0.1) is 0 Å². The fourth-order valence-corrected chi connectivity index (χ4v) is 0.646. The highest BCUT2D eigenvalue weighted by Crippen LogP contribution is 1.92. The van der Waals surface area contributed by atoms with Gasteiger partial charge >= 0.3 is 5.97 Å². The topological polar surface area (TPSA) is 55.4 Å². The van der Waals surface area contributed by atoms with E-state index in [2.05, 4.69) is 11.9 Å². The Kier molecular flexibility index (Phi) is 4.80. The van der Waals surface area contributed by atoms with Gasteiger partial charge in [-0.3, -0.25) is 4.79 Å². The van der Waals surface area contributed by atoms with E-state index < -0.39 is 12.0 Å². The molecule has 0 aliphatic heterocycles. The Bertz CT molecular complexity index is 223. The highest BCUT2D eigenvalue weighted by atomic mass is 16.5. The number of hydrogen-bond donors (Lipinski definition) is 1. The zero-order valence-electron chi connectivity index (χ0n) is 8.22. The summed E-state index contributed by atoms with van der Waals surface area (Å²) in [5.74, 6) is -0.766. The molecule has 0 fully saturated rings. The van der Waals surface area contributed by atoms with E-state index in [0.717, 1.165) is 0 Å². The van der Waals surface area contributed by atoms with Crippen LogP contribution in [-0.4, -0.2) is 24.5 Å². The molecule has 0 saturated carbocycles. The normalized spacial score (nSPS) is 11.6. The summed E-state index contributed by atoms with van der Waals surface area (Å²) in [6.45, 7) is 8.62. The van der Waals surface area contributed by atoms with E-state index in [4.69, 9.17) is 4.74 Å². The molecule has 4 heteroatoms. The molecule has 0 aliphatic carbocycles. The van der Waals surface area contributed by atoms with E-state index >= 15 is 0 Å². The molecular weight excluding hydrogens is 170 g/mol. The number of ether oxygens (including phenoxy) is 1. The summed E-state index contributed by atoms with van der Waals surface area (Å²) in [4.78, 5) is 22.1. The number of carbonyl (C=O) groups excluding carboxylic acids is 2. The van der Waals surface area contributed by atoms with Crippen LogP contribution in [0.4, 0.5) is 0 Å². The van der Waals surface area contributed by atoms with Gasteiger partial charge in [-0.25, -0.2) is 4.79 Å². The predicted octanol–water partition coefficient (Wildman–Crippen LogP) is 0.630. The van der Waals surface area contributed by atoms with Crippen molar-refractivity contribution in [3.05, 3.63) is 12.2 Å². The lowest BCUT2D eigenvalue weighted by molar-refractivity contribution is -0.146. The van der Waals surface area contributed by atoms with Crippen LogP contribution < -0.4 is 5.32 Å². The summed E-state index contributed by atoms with van der Waals surface area (Å²) in [5, 5.41) is 2.45. The zero-order chi connectivity index (χ0) is 10.4. The number of nitrogens with one attached hydrogen (secondary N) is 1. The van der Waals surface area contributed by atoms with Gasteiger partial charge in [0.2, 0.25) is 5.91 Å². The lowest BCUT2D eigenvalue weighted by Gasteiger charge is -2.11. The molecule has 74 valence electrons. The van der Waals surface area contributed by atoms with Crippen molar-refractivity contribution in [2.45, 2.75) is 26.8 Å². The number of hydrogen-bond acceptors (Lipinski definition) is 3. The fraction of sp³-hybridized carbons (Fsp3) is 0.556. The molecule has 0 spiro atoms. The maximum absolute atomic E-state index is 11.0. The van der Waals surface area contributed by atoms with Gasteiger partial charge in [0.05, 0.1) is 6.61 Å². The minimum atomic E-state index is -0.621. The lowest BCUT2D eigenvalue weighted by Crippen LogP contribution is -2.39. The smallest absolute Gasteiger partial charge is 0.328 e. The Morgan fingerprint density at radius 2 is 2.08 bits per heavy atom. The van der Waals surface area contributed by atoms with Crippen LogP contribution in [0.1, 0.15) is 20.8 Å². The van der Waals surface area contributed by atoms with Crippen LogP contribution in [0.15, 0.2) is 12.2 Å². The van der Waals surface area contributed by atoms with Crippen molar-refractivity contribution in [1.29, 1.82) is 0 Å². The van der Waals surface area contributed by atoms with Gasteiger partial charge in [0.1, 0.15) is 6.04 Å². The Morgan fingerprint density at radius 3 is 2.46 bits per heavy atom. The maximum atomic E-state index is 11.0.